The van der Waals surface area contributed by atoms with Crippen molar-refractivity contribution in [1.29, 1.82) is 0 Å². The third-order valence-corrected chi connectivity index (χ3v) is 4.79. The number of hydrogen-bond donors (Lipinski definition) is 1. The Bertz CT molecular complexity index is 797. The molecular weight excluding hydrogens is 348 g/mol. The molecule has 0 aromatic heterocycles. The Labute approximate surface area is 158 Å². The molecule has 0 atom stereocenters. The van der Waals surface area contributed by atoms with Gasteiger partial charge in [0.2, 0.25) is 5.91 Å². The molecule has 1 aliphatic heterocycles. The quantitative estimate of drug-likeness (QED) is 0.835. The van der Waals surface area contributed by atoms with E-state index >= 15 is 0 Å². The molecule has 1 fully saturated rings. The smallest absolute Gasteiger partial charge is 0.255 e. The first-order valence-corrected chi connectivity index (χ1v) is 9.09. The maximum atomic E-state index is 12.6. The van der Waals surface area contributed by atoms with Gasteiger partial charge in [0.1, 0.15) is 0 Å². The van der Waals surface area contributed by atoms with Crippen molar-refractivity contribution in [3.05, 3.63) is 76.8 Å². The summed E-state index contributed by atoms with van der Waals surface area (Å²) in [4.78, 5) is 26.4. The first kappa shape index (κ1) is 18.2. The van der Waals surface area contributed by atoms with Crippen LogP contribution in [0.3, 0.4) is 0 Å². The standard InChI is InChI=1S/C21H21ClN2O2/c22-19-9-5-4-8-18(19)21(26)24-14-12-17(13-15-24)23-20(25)11-10-16-6-2-1-3-7-16/h1-11,17H,12-15H2,(H,23,25)/b11-10+. The van der Waals surface area contributed by atoms with Crippen molar-refractivity contribution in [2.24, 2.45) is 0 Å². The fourth-order valence-electron chi connectivity index (χ4n) is 3.02. The molecule has 1 heterocycles. The van der Waals surface area contributed by atoms with Gasteiger partial charge in [0.15, 0.2) is 0 Å². The van der Waals surface area contributed by atoms with E-state index in [1.54, 1.807) is 29.2 Å². The highest BCUT2D eigenvalue weighted by atomic mass is 35.5. The zero-order chi connectivity index (χ0) is 18.4. The van der Waals surface area contributed by atoms with E-state index in [0.29, 0.717) is 23.7 Å². The molecule has 1 N–H and O–H groups in total. The molecule has 0 aliphatic carbocycles. The summed E-state index contributed by atoms with van der Waals surface area (Å²) in [5.74, 6) is -0.158. The maximum Gasteiger partial charge on any atom is 0.255 e. The van der Waals surface area contributed by atoms with Crippen LogP contribution in [0.5, 0.6) is 0 Å². The van der Waals surface area contributed by atoms with Crippen LogP contribution in [0, 0.1) is 0 Å². The molecule has 0 radical (unpaired) electrons. The summed E-state index contributed by atoms with van der Waals surface area (Å²) in [6.45, 7) is 1.22. The number of rotatable bonds is 4. The van der Waals surface area contributed by atoms with Crippen LogP contribution in [-0.4, -0.2) is 35.8 Å². The average Bonchev–Trinajstić information content (AvgIpc) is 2.68. The first-order valence-electron chi connectivity index (χ1n) is 8.71. The number of benzene rings is 2. The number of hydrogen-bond acceptors (Lipinski definition) is 2. The number of likely N-dealkylation sites (tertiary alicyclic amines) is 1. The second-order valence-electron chi connectivity index (χ2n) is 6.30. The summed E-state index contributed by atoms with van der Waals surface area (Å²) in [5, 5.41) is 3.48. The second-order valence-corrected chi connectivity index (χ2v) is 6.71. The van der Waals surface area contributed by atoms with Crippen LogP contribution in [0.2, 0.25) is 5.02 Å². The van der Waals surface area contributed by atoms with Gasteiger partial charge in [-0.05, 0) is 36.6 Å². The summed E-state index contributed by atoms with van der Waals surface area (Å²) in [6.07, 6.45) is 4.82. The SMILES string of the molecule is O=C(/C=C/c1ccccc1)NC1CCN(C(=O)c2ccccc2Cl)CC1. The number of carbonyl (C=O) groups is 2. The number of nitrogens with zero attached hydrogens (tertiary/aromatic N) is 1. The van der Waals surface area contributed by atoms with Gasteiger partial charge < -0.3 is 10.2 Å². The lowest BCUT2D eigenvalue weighted by Crippen LogP contribution is -2.46. The third kappa shape index (κ3) is 4.73. The predicted octanol–water partition coefficient (Wildman–Crippen LogP) is 3.77. The molecule has 0 spiro atoms. The third-order valence-electron chi connectivity index (χ3n) is 4.46. The molecule has 3 rings (SSSR count). The van der Waals surface area contributed by atoms with Gasteiger partial charge in [-0.15, -0.1) is 0 Å². The molecule has 0 saturated carbocycles. The number of amides is 2. The normalized spacial score (nSPS) is 15.2. The lowest BCUT2D eigenvalue weighted by molar-refractivity contribution is -0.117. The molecule has 1 aliphatic rings. The molecule has 2 aromatic rings. The van der Waals surface area contributed by atoms with Crippen molar-refractivity contribution in [2.45, 2.75) is 18.9 Å². The Morgan fingerprint density at radius 1 is 1.00 bits per heavy atom. The molecule has 0 unspecified atom stereocenters. The highest BCUT2D eigenvalue weighted by Gasteiger charge is 2.25. The Kier molecular flexibility index (Phi) is 6.08. The van der Waals surface area contributed by atoms with Crippen molar-refractivity contribution in [3.8, 4) is 0 Å². The van der Waals surface area contributed by atoms with E-state index in [2.05, 4.69) is 5.32 Å². The van der Waals surface area contributed by atoms with E-state index in [4.69, 9.17) is 11.6 Å². The minimum Gasteiger partial charge on any atom is -0.350 e. The average molecular weight is 369 g/mol. The fourth-order valence-corrected chi connectivity index (χ4v) is 3.23. The Morgan fingerprint density at radius 3 is 2.35 bits per heavy atom. The number of carbonyl (C=O) groups excluding carboxylic acids is 2. The van der Waals surface area contributed by atoms with E-state index < -0.39 is 0 Å². The Balaban J connectivity index is 1.49. The second kappa shape index (κ2) is 8.68. The summed E-state index contributed by atoms with van der Waals surface area (Å²) >= 11 is 6.11. The lowest BCUT2D eigenvalue weighted by atomic mass is 10.0. The summed E-state index contributed by atoms with van der Waals surface area (Å²) in [7, 11) is 0. The highest BCUT2D eigenvalue weighted by Crippen LogP contribution is 2.20. The van der Waals surface area contributed by atoms with Crippen LogP contribution < -0.4 is 5.32 Å². The van der Waals surface area contributed by atoms with Crippen molar-refractivity contribution in [2.75, 3.05) is 13.1 Å². The van der Waals surface area contributed by atoms with Gasteiger partial charge in [0, 0.05) is 25.2 Å². The molecule has 1 saturated heterocycles. The minimum absolute atomic E-state index is 0.0515. The van der Waals surface area contributed by atoms with Crippen LogP contribution in [0.1, 0.15) is 28.8 Å². The number of piperidine rings is 1. The van der Waals surface area contributed by atoms with Crippen LogP contribution in [-0.2, 0) is 4.79 Å². The van der Waals surface area contributed by atoms with Crippen LogP contribution in [0.25, 0.3) is 6.08 Å². The van der Waals surface area contributed by atoms with E-state index in [0.717, 1.165) is 18.4 Å². The van der Waals surface area contributed by atoms with Gasteiger partial charge in [0.25, 0.3) is 5.91 Å². The van der Waals surface area contributed by atoms with Crippen molar-refractivity contribution in [3.63, 3.8) is 0 Å². The van der Waals surface area contributed by atoms with Crippen LogP contribution in [0.15, 0.2) is 60.7 Å². The first-order chi connectivity index (χ1) is 12.6. The minimum atomic E-state index is -0.107. The summed E-state index contributed by atoms with van der Waals surface area (Å²) < 4.78 is 0. The Morgan fingerprint density at radius 2 is 1.65 bits per heavy atom. The molecule has 5 heteroatoms. The molecular formula is C21H21ClN2O2. The van der Waals surface area contributed by atoms with Gasteiger partial charge >= 0.3 is 0 Å². The molecule has 0 bridgehead atoms. The lowest BCUT2D eigenvalue weighted by Gasteiger charge is -2.32. The number of nitrogens with one attached hydrogen (secondary N) is 1. The van der Waals surface area contributed by atoms with Crippen molar-refractivity contribution >= 4 is 29.5 Å². The van der Waals surface area contributed by atoms with Gasteiger partial charge in [-0.2, -0.15) is 0 Å². The zero-order valence-electron chi connectivity index (χ0n) is 14.4. The number of halogens is 1. The predicted molar refractivity (Wildman–Crippen MR) is 104 cm³/mol. The Hall–Kier alpha value is -2.59. The van der Waals surface area contributed by atoms with Crippen LogP contribution >= 0.6 is 11.6 Å². The maximum absolute atomic E-state index is 12.6. The van der Waals surface area contributed by atoms with E-state index in [1.807, 2.05) is 42.5 Å². The van der Waals surface area contributed by atoms with E-state index in [1.165, 1.54) is 0 Å². The van der Waals surface area contributed by atoms with E-state index in [-0.39, 0.29) is 17.9 Å². The van der Waals surface area contributed by atoms with Crippen molar-refractivity contribution < 1.29 is 9.59 Å². The fraction of sp³-hybridized carbons (Fsp3) is 0.238. The monoisotopic (exact) mass is 368 g/mol. The van der Waals surface area contributed by atoms with Gasteiger partial charge in [-0.3, -0.25) is 9.59 Å². The zero-order valence-corrected chi connectivity index (χ0v) is 15.2. The highest BCUT2D eigenvalue weighted by molar-refractivity contribution is 6.33. The van der Waals surface area contributed by atoms with Crippen molar-refractivity contribution in [1.82, 2.24) is 10.2 Å². The van der Waals surface area contributed by atoms with Gasteiger partial charge in [-0.1, -0.05) is 54.1 Å². The van der Waals surface area contributed by atoms with Gasteiger partial charge in [-0.25, -0.2) is 0 Å². The molecule has 2 amide bonds. The molecule has 2 aromatic carbocycles. The van der Waals surface area contributed by atoms with Crippen LogP contribution in [0.4, 0.5) is 0 Å². The largest absolute Gasteiger partial charge is 0.350 e. The summed E-state index contributed by atoms with van der Waals surface area (Å²) in [5.41, 5.74) is 1.52. The summed E-state index contributed by atoms with van der Waals surface area (Å²) in [6, 6.07) is 16.9. The van der Waals surface area contributed by atoms with Gasteiger partial charge in [0.05, 0.1) is 10.6 Å². The molecule has 4 nitrogen and oxygen atoms in total. The van der Waals surface area contributed by atoms with E-state index in [9.17, 15) is 9.59 Å². The molecule has 26 heavy (non-hydrogen) atoms. The molecule has 134 valence electrons. The topological polar surface area (TPSA) is 49.4 Å².